The Hall–Kier alpha value is -0.820. The van der Waals surface area contributed by atoms with Crippen molar-refractivity contribution >= 4 is 0 Å². The van der Waals surface area contributed by atoms with Crippen molar-refractivity contribution in [3.63, 3.8) is 0 Å². The van der Waals surface area contributed by atoms with Crippen LogP contribution in [0.2, 0.25) is 0 Å². The molecular weight excluding hydrogens is 194 g/mol. The summed E-state index contributed by atoms with van der Waals surface area (Å²) in [6, 6.07) is 0.626. The van der Waals surface area contributed by atoms with E-state index in [9.17, 15) is 0 Å². The number of nitrogens with one attached hydrogen (secondary N) is 1. The zero-order valence-corrected chi connectivity index (χ0v) is 10.6. The van der Waals surface area contributed by atoms with Gasteiger partial charge < -0.3 is 5.32 Å². The first-order valence-electron chi connectivity index (χ1n) is 6.49. The van der Waals surface area contributed by atoms with Crippen molar-refractivity contribution in [3.8, 4) is 0 Å². The van der Waals surface area contributed by atoms with Gasteiger partial charge in [0, 0.05) is 18.5 Å². The maximum atomic E-state index is 3.65. The summed E-state index contributed by atoms with van der Waals surface area (Å²) in [4.78, 5) is 0. The van der Waals surface area contributed by atoms with Crippen LogP contribution in [0, 0.1) is 17.8 Å². The summed E-state index contributed by atoms with van der Waals surface area (Å²) in [6.07, 6.45) is 12.9. The van der Waals surface area contributed by atoms with E-state index in [0.717, 1.165) is 13.0 Å². The lowest BCUT2D eigenvalue weighted by Crippen LogP contribution is -2.47. The van der Waals surface area contributed by atoms with Crippen LogP contribution in [0.1, 0.15) is 27.2 Å². The van der Waals surface area contributed by atoms with E-state index in [2.05, 4.69) is 56.5 Å². The van der Waals surface area contributed by atoms with Crippen LogP contribution in [0.3, 0.4) is 0 Å². The molecule has 1 aliphatic carbocycles. The van der Waals surface area contributed by atoms with Crippen LogP contribution in [0.25, 0.3) is 0 Å². The fourth-order valence-corrected chi connectivity index (χ4v) is 2.94. The van der Waals surface area contributed by atoms with Gasteiger partial charge in [0.25, 0.3) is 0 Å². The summed E-state index contributed by atoms with van der Waals surface area (Å²) in [5.41, 5.74) is 1.53. The van der Waals surface area contributed by atoms with Gasteiger partial charge in [-0.1, -0.05) is 49.8 Å². The third-order valence-electron chi connectivity index (χ3n) is 3.95. The molecule has 0 saturated heterocycles. The fraction of sp³-hybridized carbons (Fsp3) is 0.600. The molecule has 1 N–H and O–H groups in total. The summed E-state index contributed by atoms with van der Waals surface area (Å²) in [5, 5.41) is 3.65. The Balaban J connectivity index is 2.22. The van der Waals surface area contributed by atoms with Gasteiger partial charge in [0.2, 0.25) is 0 Å². The molecule has 0 aromatic rings. The molecule has 0 saturated carbocycles. The lowest BCUT2D eigenvalue weighted by Gasteiger charge is -2.40. The van der Waals surface area contributed by atoms with Crippen LogP contribution in [-0.2, 0) is 0 Å². The summed E-state index contributed by atoms with van der Waals surface area (Å²) in [6.45, 7) is 7.87. The summed E-state index contributed by atoms with van der Waals surface area (Å²) in [7, 11) is 0. The number of hydrogen-bond acceptors (Lipinski definition) is 1. The third-order valence-corrected chi connectivity index (χ3v) is 3.95. The minimum Gasteiger partial charge on any atom is -0.309 e. The molecule has 0 aromatic heterocycles. The van der Waals surface area contributed by atoms with Crippen molar-refractivity contribution in [2.45, 2.75) is 33.2 Å². The number of fused-ring (bicyclic) bond motifs is 1. The van der Waals surface area contributed by atoms with Gasteiger partial charge in [-0.3, -0.25) is 0 Å². The minimum atomic E-state index is 0.611. The van der Waals surface area contributed by atoms with Crippen LogP contribution in [0.4, 0.5) is 0 Å². The van der Waals surface area contributed by atoms with Crippen LogP contribution in [-0.4, -0.2) is 12.6 Å². The molecule has 0 radical (unpaired) electrons. The van der Waals surface area contributed by atoms with E-state index in [0.29, 0.717) is 23.8 Å². The van der Waals surface area contributed by atoms with Gasteiger partial charge in [0.05, 0.1) is 0 Å². The Kier molecular flexibility index (Phi) is 3.65. The highest BCUT2D eigenvalue weighted by Gasteiger charge is 2.34. The third kappa shape index (κ3) is 2.15. The highest BCUT2D eigenvalue weighted by atomic mass is 14.9. The fourth-order valence-electron chi connectivity index (χ4n) is 2.94. The first-order valence-corrected chi connectivity index (χ1v) is 6.49. The van der Waals surface area contributed by atoms with Crippen molar-refractivity contribution < 1.29 is 0 Å². The van der Waals surface area contributed by atoms with E-state index >= 15 is 0 Å². The van der Waals surface area contributed by atoms with E-state index in [-0.39, 0.29) is 0 Å². The van der Waals surface area contributed by atoms with Gasteiger partial charge in [-0.15, -0.1) is 0 Å². The topological polar surface area (TPSA) is 12.0 Å². The average Bonchev–Trinajstić information content (AvgIpc) is 2.32. The molecule has 1 heterocycles. The van der Waals surface area contributed by atoms with Gasteiger partial charge in [-0.05, 0) is 25.2 Å². The Morgan fingerprint density at radius 3 is 3.06 bits per heavy atom. The Morgan fingerprint density at radius 2 is 2.31 bits per heavy atom. The molecule has 4 atom stereocenters. The SMILES string of the molecule is CC/C=C\C1C=C(C)C2C=CCNC2[C@H]1C. The number of allylic oxidation sites excluding steroid dienone is 3. The standard InChI is InChI=1S/C15H23N/c1-4-5-7-13-10-11(2)14-8-6-9-16-15(14)12(13)3/h5-8,10,12-16H,4,9H2,1-3H3/b7-5-/t12-,13?,14?,15?/m0/s1. The van der Waals surface area contributed by atoms with Crippen molar-refractivity contribution in [1.29, 1.82) is 0 Å². The molecule has 0 bridgehead atoms. The number of rotatable bonds is 2. The molecule has 0 amide bonds. The van der Waals surface area contributed by atoms with E-state index < -0.39 is 0 Å². The minimum absolute atomic E-state index is 0.611. The van der Waals surface area contributed by atoms with Gasteiger partial charge in [0.15, 0.2) is 0 Å². The molecule has 2 rings (SSSR count). The molecule has 2 aliphatic rings. The normalized spacial score (nSPS) is 38.6. The van der Waals surface area contributed by atoms with Gasteiger partial charge in [-0.2, -0.15) is 0 Å². The second-order valence-corrected chi connectivity index (χ2v) is 5.07. The average molecular weight is 217 g/mol. The molecule has 1 nitrogen and oxygen atoms in total. The molecule has 0 spiro atoms. The summed E-state index contributed by atoms with van der Waals surface area (Å²) in [5.74, 6) is 1.93. The highest BCUT2D eigenvalue weighted by molar-refractivity contribution is 5.25. The first-order chi connectivity index (χ1) is 7.74. The smallest absolute Gasteiger partial charge is 0.0204 e. The van der Waals surface area contributed by atoms with Crippen molar-refractivity contribution in [3.05, 3.63) is 36.0 Å². The maximum Gasteiger partial charge on any atom is 0.0204 e. The molecule has 88 valence electrons. The van der Waals surface area contributed by atoms with E-state index in [1.807, 2.05) is 0 Å². The van der Waals surface area contributed by atoms with E-state index in [1.54, 1.807) is 0 Å². The first kappa shape index (κ1) is 11.7. The van der Waals surface area contributed by atoms with Crippen LogP contribution in [0.15, 0.2) is 36.0 Å². The lowest BCUT2D eigenvalue weighted by atomic mass is 9.71. The van der Waals surface area contributed by atoms with Gasteiger partial charge in [0.1, 0.15) is 0 Å². The van der Waals surface area contributed by atoms with Crippen LogP contribution < -0.4 is 5.32 Å². The molecule has 0 fully saturated rings. The zero-order valence-electron chi connectivity index (χ0n) is 10.6. The van der Waals surface area contributed by atoms with E-state index in [1.165, 1.54) is 5.57 Å². The second kappa shape index (κ2) is 5.01. The quantitative estimate of drug-likeness (QED) is 0.700. The van der Waals surface area contributed by atoms with Crippen LogP contribution >= 0.6 is 0 Å². The largest absolute Gasteiger partial charge is 0.309 e. The molecule has 16 heavy (non-hydrogen) atoms. The second-order valence-electron chi connectivity index (χ2n) is 5.07. The zero-order chi connectivity index (χ0) is 11.5. The number of hydrogen-bond donors (Lipinski definition) is 1. The summed E-state index contributed by atoms with van der Waals surface area (Å²) >= 11 is 0. The van der Waals surface area contributed by atoms with Crippen molar-refractivity contribution in [2.24, 2.45) is 17.8 Å². The van der Waals surface area contributed by atoms with Crippen molar-refractivity contribution in [2.75, 3.05) is 6.54 Å². The van der Waals surface area contributed by atoms with Crippen LogP contribution in [0.5, 0.6) is 0 Å². The highest BCUT2D eigenvalue weighted by Crippen LogP contribution is 2.36. The van der Waals surface area contributed by atoms with Crippen molar-refractivity contribution in [1.82, 2.24) is 5.32 Å². The maximum absolute atomic E-state index is 3.65. The lowest BCUT2D eigenvalue weighted by molar-refractivity contribution is 0.276. The molecule has 0 aromatic carbocycles. The molecular formula is C15H23N. The summed E-state index contributed by atoms with van der Waals surface area (Å²) < 4.78 is 0. The Morgan fingerprint density at radius 1 is 1.50 bits per heavy atom. The molecule has 3 unspecified atom stereocenters. The predicted molar refractivity (Wildman–Crippen MR) is 70.3 cm³/mol. The van der Waals surface area contributed by atoms with E-state index in [4.69, 9.17) is 0 Å². The Bertz CT molecular complexity index is 324. The Labute approximate surface area is 99.3 Å². The monoisotopic (exact) mass is 217 g/mol. The van der Waals surface area contributed by atoms with Gasteiger partial charge >= 0.3 is 0 Å². The molecule has 1 heteroatoms. The predicted octanol–water partition coefficient (Wildman–Crippen LogP) is 3.31. The molecule has 1 aliphatic heterocycles. The van der Waals surface area contributed by atoms with Gasteiger partial charge in [-0.25, -0.2) is 0 Å².